The fraction of sp³-hybridized carbons (Fsp3) is 0.400. The van der Waals surface area contributed by atoms with Gasteiger partial charge in [0.05, 0.1) is 13.4 Å². The fourth-order valence-electron chi connectivity index (χ4n) is 1.28. The van der Waals surface area contributed by atoms with E-state index < -0.39 is 10.0 Å². The smallest absolute Gasteiger partial charge is 0.209 e. The standard InChI is InChI=1S/C10H15NO3S/c1-8(11-15(3,12)13)9-4-6-10(14-2)7-5-9/h4-8,11H,1-3H3. The van der Waals surface area contributed by atoms with E-state index in [1.54, 1.807) is 26.2 Å². The first kappa shape index (κ1) is 12.0. The molecule has 1 rings (SSSR count). The summed E-state index contributed by atoms with van der Waals surface area (Å²) >= 11 is 0. The van der Waals surface area contributed by atoms with Crippen LogP contribution >= 0.6 is 0 Å². The zero-order valence-electron chi connectivity index (χ0n) is 9.02. The monoisotopic (exact) mass is 229 g/mol. The minimum atomic E-state index is -3.17. The van der Waals surface area contributed by atoms with Crippen LogP contribution in [0.3, 0.4) is 0 Å². The van der Waals surface area contributed by atoms with Crippen molar-refractivity contribution in [1.82, 2.24) is 4.72 Å². The number of sulfonamides is 1. The molecule has 1 unspecified atom stereocenters. The van der Waals surface area contributed by atoms with Gasteiger partial charge >= 0.3 is 0 Å². The molecule has 1 aromatic rings. The predicted molar refractivity (Wildman–Crippen MR) is 59.4 cm³/mol. The molecule has 0 bridgehead atoms. The summed E-state index contributed by atoms with van der Waals surface area (Å²) in [6.07, 6.45) is 1.15. The Bertz CT molecular complexity index is 411. The molecule has 1 atom stereocenters. The molecule has 1 N–H and O–H groups in total. The van der Waals surface area contributed by atoms with Crippen molar-refractivity contribution >= 4 is 10.0 Å². The minimum absolute atomic E-state index is 0.231. The molecule has 0 aliphatic rings. The van der Waals surface area contributed by atoms with Gasteiger partial charge in [-0.2, -0.15) is 0 Å². The molecule has 0 saturated heterocycles. The Morgan fingerprint density at radius 3 is 2.20 bits per heavy atom. The van der Waals surface area contributed by atoms with Crippen LogP contribution in [0.1, 0.15) is 18.5 Å². The Hall–Kier alpha value is -1.07. The first-order valence-electron chi connectivity index (χ1n) is 4.53. The summed E-state index contributed by atoms with van der Waals surface area (Å²) in [5.41, 5.74) is 0.904. The summed E-state index contributed by atoms with van der Waals surface area (Å²) in [7, 11) is -1.58. The average molecular weight is 229 g/mol. The highest BCUT2D eigenvalue weighted by atomic mass is 32.2. The summed E-state index contributed by atoms with van der Waals surface area (Å²) in [6, 6.07) is 7.04. The lowest BCUT2D eigenvalue weighted by Gasteiger charge is -2.12. The Morgan fingerprint density at radius 1 is 1.27 bits per heavy atom. The van der Waals surface area contributed by atoms with Crippen LogP contribution in [-0.4, -0.2) is 21.8 Å². The zero-order valence-corrected chi connectivity index (χ0v) is 9.84. The van der Waals surface area contributed by atoms with E-state index in [2.05, 4.69) is 4.72 Å². The van der Waals surface area contributed by atoms with Crippen molar-refractivity contribution in [2.75, 3.05) is 13.4 Å². The van der Waals surface area contributed by atoms with E-state index in [0.717, 1.165) is 17.6 Å². The SMILES string of the molecule is COc1ccc(C(C)NS(C)(=O)=O)cc1. The number of rotatable bonds is 4. The molecule has 0 amide bonds. The molecule has 0 aliphatic carbocycles. The molecule has 0 saturated carbocycles. The summed E-state index contributed by atoms with van der Waals surface area (Å²) < 4.78 is 29.5. The number of ether oxygens (including phenoxy) is 1. The van der Waals surface area contributed by atoms with E-state index in [0.29, 0.717) is 0 Å². The van der Waals surface area contributed by atoms with Crippen LogP contribution in [0.2, 0.25) is 0 Å². The summed E-state index contributed by atoms with van der Waals surface area (Å²) in [6.45, 7) is 1.79. The lowest BCUT2D eigenvalue weighted by molar-refractivity contribution is 0.414. The number of hydrogen-bond donors (Lipinski definition) is 1. The van der Waals surface area contributed by atoms with E-state index in [1.165, 1.54) is 0 Å². The molecule has 0 aromatic heterocycles. The normalized spacial score (nSPS) is 13.5. The summed E-state index contributed by atoms with van der Waals surface area (Å²) in [4.78, 5) is 0. The lowest BCUT2D eigenvalue weighted by atomic mass is 10.1. The molecule has 0 aliphatic heterocycles. The van der Waals surface area contributed by atoms with E-state index in [4.69, 9.17) is 4.74 Å². The van der Waals surface area contributed by atoms with Crippen LogP contribution in [-0.2, 0) is 10.0 Å². The second-order valence-corrected chi connectivity index (χ2v) is 5.16. The third-order valence-electron chi connectivity index (χ3n) is 2.01. The average Bonchev–Trinajstić information content (AvgIpc) is 2.15. The molecule has 0 fully saturated rings. The van der Waals surface area contributed by atoms with Crippen LogP contribution < -0.4 is 9.46 Å². The third-order valence-corrected chi connectivity index (χ3v) is 2.79. The largest absolute Gasteiger partial charge is 0.497 e. The quantitative estimate of drug-likeness (QED) is 0.846. The van der Waals surface area contributed by atoms with Crippen LogP contribution in [0.5, 0.6) is 5.75 Å². The number of hydrogen-bond acceptors (Lipinski definition) is 3. The van der Waals surface area contributed by atoms with Crippen LogP contribution in [0.15, 0.2) is 24.3 Å². The van der Waals surface area contributed by atoms with Crippen molar-refractivity contribution in [3.63, 3.8) is 0 Å². The zero-order chi connectivity index (χ0) is 11.5. The Labute approximate surface area is 90.3 Å². The van der Waals surface area contributed by atoms with Gasteiger partial charge in [0.1, 0.15) is 5.75 Å². The molecular weight excluding hydrogens is 214 g/mol. The molecule has 15 heavy (non-hydrogen) atoms. The maximum atomic E-state index is 11.0. The lowest BCUT2D eigenvalue weighted by Crippen LogP contribution is -2.25. The van der Waals surface area contributed by atoms with Gasteiger partial charge in [-0.25, -0.2) is 13.1 Å². The van der Waals surface area contributed by atoms with Gasteiger partial charge in [-0.1, -0.05) is 12.1 Å². The predicted octanol–water partition coefficient (Wildman–Crippen LogP) is 1.31. The van der Waals surface area contributed by atoms with Gasteiger partial charge in [-0.15, -0.1) is 0 Å². The molecule has 1 aromatic carbocycles. The molecule has 0 radical (unpaired) electrons. The van der Waals surface area contributed by atoms with Crippen molar-refractivity contribution in [3.05, 3.63) is 29.8 Å². The summed E-state index contributed by atoms with van der Waals surface area (Å²) in [5.74, 6) is 0.755. The molecular formula is C10H15NO3S. The topological polar surface area (TPSA) is 55.4 Å². The molecule has 0 spiro atoms. The van der Waals surface area contributed by atoms with Gasteiger partial charge in [-0.3, -0.25) is 0 Å². The van der Waals surface area contributed by atoms with Gasteiger partial charge in [0.15, 0.2) is 0 Å². The number of methoxy groups -OCH3 is 1. The van der Waals surface area contributed by atoms with Crippen molar-refractivity contribution in [2.45, 2.75) is 13.0 Å². The Kier molecular flexibility index (Phi) is 3.71. The Balaban J connectivity index is 2.78. The van der Waals surface area contributed by atoms with Gasteiger partial charge < -0.3 is 4.74 Å². The van der Waals surface area contributed by atoms with Crippen molar-refractivity contribution in [2.24, 2.45) is 0 Å². The van der Waals surface area contributed by atoms with Gasteiger partial charge in [-0.05, 0) is 24.6 Å². The molecule has 0 heterocycles. The van der Waals surface area contributed by atoms with Crippen molar-refractivity contribution < 1.29 is 13.2 Å². The van der Waals surface area contributed by atoms with Gasteiger partial charge in [0.2, 0.25) is 10.0 Å². The molecule has 84 valence electrons. The maximum absolute atomic E-state index is 11.0. The van der Waals surface area contributed by atoms with Crippen LogP contribution in [0.25, 0.3) is 0 Å². The van der Waals surface area contributed by atoms with Crippen molar-refractivity contribution in [3.8, 4) is 5.75 Å². The first-order valence-corrected chi connectivity index (χ1v) is 6.43. The van der Waals surface area contributed by atoms with Crippen LogP contribution in [0, 0.1) is 0 Å². The highest BCUT2D eigenvalue weighted by Gasteiger charge is 2.10. The number of nitrogens with one attached hydrogen (secondary N) is 1. The second kappa shape index (κ2) is 4.63. The molecule has 5 heteroatoms. The minimum Gasteiger partial charge on any atom is -0.497 e. The highest BCUT2D eigenvalue weighted by molar-refractivity contribution is 7.88. The van der Waals surface area contributed by atoms with Crippen molar-refractivity contribution in [1.29, 1.82) is 0 Å². The summed E-state index contributed by atoms with van der Waals surface area (Å²) in [5, 5.41) is 0. The third kappa shape index (κ3) is 3.89. The molecule has 4 nitrogen and oxygen atoms in total. The van der Waals surface area contributed by atoms with E-state index in [1.807, 2.05) is 12.1 Å². The fourth-order valence-corrected chi connectivity index (χ4v) is 2.06. The van der Waals surface area contributed by atoms with E-state index in [-0.39, 0.29) is 6.04 Å². The maximum Gasteiger partial charge on any atom is 0.209 e. The number of benzene rings is 1. The highest BCUT2D eigenvalue weighted by Crippen LogP contribution is 2.17. The van der Waals surface area contributed by atoms with E-state index in [9.17, 15) is 8.42 Å². The first-order chi connectivity index (χ1) is 6.92. The van der Waals surface area contributed by atoms with Gasteiger partial charge in [0, 0.05) is 6.04 Å². The van der Waals surface area contributed by atoms with Crippen LogP contribution in [0.4, 0.5) is 0 Å². The van der Waals surface area contributed by atoms with Gasteiger partial charge in [0.25, 0.3) is 0 Å². The van der Waals surface area contributed by atoms with E-state index >= 15 is 0 Å². The second-order valence-electron chi connectivity index (χ2n) is 3.38. The Morgan fingerprint density at radius 2 is 1.80 bits per heavy atom.